The number of carbonyl (C=O) groups is 2. The van der Waals surface area contributed by atoms with E-state index >= 15 is 0 Å². The van der Waals surface area contributed by atoms with Crippen LogP contribution in [0, 0.1) is 0 Å². The van der Waals surface area contributed by atoms with Crippen LogP contribution in [0.4, 0.5) is 4.79 Å². The summed E-state index contributed by atoms with van der Waals surface area (Å²) in [5, 5.41) is 0. The van der Waals surface area contributed by atoms with E-state index in [1.54, 1.807) is 16.1 Å². The van der Waals surface area contributed by atoms with Gasteiger partial charge in [0.05, 0.1) is 12.0 Å². The van der Waals surface area contributed by atoms with Crippen molar-refractivity contribution in [1.82, 2.24) is 19.4 Å². The number of benzene rings is 1. The number of nitrogens with two attached hydrogens (primary N) is 1. The lowest BCUT2D eigenvalue weighted by atomic mass is 9.93. The second-order valence-electron chi connectivity index (χ2n) is 7.58. The number of hydrogen-bond donors (Lipinski definition) is 1. The minimum atomic E-state index is -0.434. The Morgan fingerprint density at radius 2 is 1.58 bits per heavy atom. The molecule has 2 aromatic rings. The highest BCUT2D eigenvalue weighted by Gasteiger charge is 2.23. The zero-order valence-corrected chi connectivity index (χ0v) is 15.5. The minimum Gasteiger partial charge on any atom is -0.351 e. The molecular weight excluding hydrogens is 330 g/mol. The highest BCUT2D eigenvalue weighted by Crippen LogP contribution is 2.21. The summed E-state index contributed by atoms with van der Waals surface area (Å²) in [5.41, 5.74) is 7.89. The number of primary amides is 1. The van der Waals surface area contributed by atoms with E-state index in [1.165, 1.54) is 0 Å². The van der Waals surface area contributed by atoms with E-state index in [2.05, 4.69) is 25.8 Å². The number of nitrogens with zero attached hydrogens (tertiary/aromatic N) is 4. The normalized spacial score (nSPS) is 15.2. The van der Waals surface area contributed by atoms with Crippen LogP contribution < -0.4 is 5.73 Å². The molecular formula is C19H25N5O2. The fraction of sp³-hybridized carbons (Fsp3) is 0.421. The monoisotopic (exact) mass is 355 g/mol. The molecule has 1 aromatic carbocycles. The standard InChI is InChI=1S/C19H25N5O2/c1-19(2,3)16-12-24(13-21-16)15-6-4-14(5-7-15)17(25)22-8-10-23(11-9-22)18(20)26/h4-7,12-13H,8-11H2,1-3H3,(H2,20,26). The topological polar surface area (TPSA) is 84.5 Å². The number of piperazine rings is 1. The van der Waals surface area contributed by atoms with E-state index in [-0.39, 0.29) is 11.3 Å². The molecule has 1 fully saturated rings. The van der Waals surface area contributed by atoms with E-state index in [1.807, 2.05) is 35.0 Å². The summed E-state index contributed by atoms with van der Waals surface area (Å²) in [6.07, 6.45) is 3.81. The van der Waals surface area contributed by atoms with Crippen molar-refractivity contribution in [3.8, 4) is 5.69 Å². The third kappa shape index (κ3) is 3.71. The molecule has 3 rings (SSSR count). The van der Waals surface area contributed by atoms with Crippen LogP contribution in [0.2, 0.25) is 0 Å². The lowest BCUT2D eigenvalue weighted by Crippen LogP contribution is -2.52. The molecule has 0 spiro atoms. The van der Waals surface area contributed by atoms with Crippen molar-refractivity contribution in [3.63, 3.8) is 0 Å². The summed E-state index contributed by atoms with van der Waals surface area (Å²) in [7, 11) is 0. The van der Waals surface area contributed by atoms with Gasteiger partial charge in [-0.3, -0.25) is 4.79 Å². The Balaban J connectivity index is 1.69. The zero-order valence-electron chi connectivity index (χ0n) is 15.5. The number of amides is 3. The van der Waals surface area contributed by atoms with Gasteiger partial charge in [-0.05, 0) is 24.3 Å². The van der Waals surface area contributed by atoms with Crippen molar-refractivity contribution in [2.24, 2.45) is 5.73 Å². The van der Waals surface area contributed by atoms with E-state index < -0.39 is 6.03 Å². The van der Waals surface area contributed by atoms with Crippen LogP contribution in [-0.4, -0.2) is 57.5 Å². The van der Waals surface area contributed by atoms with Gasteiger partial charge in [0, 0.05) is 49.0 Å². The fourth-order valence-corrected chi connectivity index (χ4v) is 2.94. The van der Waals surface area contributed by atoms with Crippen LogP contribution in [0.5, 0.6) is 0 Å². The van der Waals surface area contributed by atoms with E-state index in [4.69, 9.17) is 5.73 Å². The molecule has 138 valence electrons. The highest BCUT2D eigenvalue weighted by molar-refractivity contribution is 5.94. The van der Waals surface area contributed by atoms with Crippen molar-refractivity contribution in [2.75, 3.05) is 26.2 Å². The molecule has 2 heterocycles. The summed E-state index contributed by atoms with van der Waals surface area (Å²) in [5.74, 6) is -0.0262. The summed E-state index contributed by atoms with van der Waals surface area (Å²) in [6.45, 7) is 8.33. The van der Waals surface area contributed by atoms with Crippen LogP contribution in [0.3, 0.4) is 0 Å². The molecule has 0 radical (unpaired) electrons. The quantitative estimate of drug-likeness (QED) is 0.894. The van der Waals surface area contributed by atoms with E-state index in [0.29, 0.717) is 31.7 Å². The third-order valence-corrected chi connectivity index (χ3v) is 4.64. The Morgan fingerprint density at radius 1 is 1.00 bits per heavy atom. The van der Waals surface area contributed by atoms with Crippen molar-refractivity contribution in [1.29, 1.82) is 0 Å². The molecule has 2 N–H and O–H groups in total. The van der Waals surface area contributed by atoms with Crippen molar-refractivity contribution >= 4 is 11.9 Å². The van der Waals surface area contributed by atoms with Gasteiger partial charge in [0.15, 0.2) is 0 Å². The first kappa shape index (κ1) is 18.0. The maximum Gasteiger partial charge on any atom is 0.314 e. The Kier molecular flexibility index (Phi) is 4.71. The molecule has 0 aliphatic carbocycles. The molecule has 1 aliphatic heterocycles. The van der Waals surface area contributed by atoms with Crippen molar-refractivity contribution in [3.05, 3.63) is 48.0 Å². The predicted octanol–water partition coefficient (Wildman–Crippen LogP) is 2.01. The average molecular weight is 355 g/mol. The zero-order chi connectivity index (χ0) is 18.9. The van der Waals surface area contributed by atoms with E-state index in [9.17, 15) is 9.59 Å². The molecule has 7 heteroatoms. The van der Waals surface area contributed by atoms with Gasteiger partial charge >= 0.3 is 6.03 Å². The molecule has 0 bridgehead atoms. The lowest BCUT2D eigenvalue weighted by molar-refractivity contribution is 0.0669. The molecule has 0 saturated carbocycles. The Morgan fingerprint density at radius 3 is 2.08 bits per heavy atom. The number of urea groups is 1. The van der Waals surface area contributed by atoms with Gasteiger partial charge in [-0.25, -0.2) is 9.78 Å². The van der Waals surface area contributed by atoms with Crippen molar-refractivity contribution < 1.29 is 9.59 Å². The Hall–Kier alpha value is -2.83. The van der Waals surface area contributed by atoms with Crippen LogP contribution in [0.15, 0.2) is 36.8 Å². The number of rotatable bonds is 2. The summed E-state index contributed by atoms with van der Waals surface area (Å²) in [4.78, 5) is 31.6. The molecule has 0 atom stereocenters. The SMILES string of the molecule is CC(C)(C)c1cn(-c2ccc(C(=O)N3CCN(C(N)=O)CC3)cc2)cn1. The Labute approximate surface area is 153 Å². The maximum absolute atomic E-state index is 12.6. The molecule has 7 nitrogen and oxygen atoms in total. The second-order valence-corrected chi connectivity index (χ2v) is 7.58. The van der Waals surface area contributed by atoms with Gasteiger partial charge in [-0.1, -0.05) is 20.8 Å². The van der Waals surface area contributed by atoms with Crippen LogP contribution in [-0.2, 0) is 5.41 Å². The first-order valence-electron chi connectivity index (χ1n) is 8.74. The van der Waals surface area contributed by atoms with Gasteiger partial charge in [0.2, 0.25) is 0 Å². The number of aromatic nitrogens is 2. The predicted molar refractivity (Wildman–Crippen MR) is 99.3 cm³/mol. The van der Waals surface area contributed by atoms with Gasteiger partial charge in [0.25, 0.3) is 5.91 Å². The average Bonchev–Trinajstić information content (AvgIpc) is 3.12. The molecule has 26 heavy (non-hydrogen) atoms. The second kappa shape index (κ2) is 6.82. The maximum atomic E-state index is 12.6. The van der Waals surface area contributed by atoms with Crippen molar-refractivity contribution in [2.45, 2.75) is 26.2 Å². The largest absolute Gasteiger partial charge is 0.351 e. The van der Waals surface area contributed by atoms with E-state index in [0.717, 1.165) is 11.4 Å². The molecule has 3 amide bonds. The molecule has 1 aliphatic rings. The van der Waals surface area contributed by atoms with Crippen LogP contribution in [0.25, 0.3) is 5.69 Å². The first-order chi connectivity index (χ1) is 12.3. The number of imidazole rings is 1. The molecule has 0 unspecified atom stereocenters. The molecule has 1 saturated heterocycles. The first-order valence-corrected chi connectivity index (χ1v) is 8.74. The summed E-state index contributed by atoms with van der Waals surface area (Å²) >= 11 is 0. The molecule has 1 aromatic heterocycles. The summed E-state index contributed by atoms with van der Waals surface area (Å²) < 4.78 is 1.96. The Bertz CT molecular complexity index is 796. The highest BCUT2D eigenvalue weighted by atomic mass is 16.2. The number of carbonyl (C=O) groups excluding carboxylic acids is 2. The fourth-order valence-electron chi connectivity index (χ4n) is 2.94. The number of hydrogen-bond acceptors (Lipinski definition) is 3. The minimum absolute atomic E-state index is 0.00574. The van der Waals surface area contributed by atoms with Gasteiger partial charge < -0.3 is 20.1 Å². The van der Waals surface area contributed by atoms with Gasteiger partial charge in [-0.2, -0.15) is 0 Å². The smallest absolute Gasteiger partial charge is 0.314 e. The van der Waals surface area contributed by atoms with Crippen LogP contribution >= 0.6 is 0 Å². The third-order valence-electron chi connectivity index (χ3n) is 4.64. The van der Waals surface area contributed by atoms with Gasteiger partial charge in [-0.15, -0.1) is 0 Å². The lowest BCUT2D eigenvalue weighted by Gasteiger charge is -2.33. The van der Waals surface area contributed by atoms with Crippen LogP contribution in [0.1, 0.15) is 36.8 Å². The van der Waals surface area contributed by atoms with Gasteiger partial charge in [0.1, 0.15) is 0 Å². The summed E-state index contributed by atoms with van der Waals surface area (Å²) in [6, 6.07) is 7.06.